The summed E-state index contributed by atoms with van der Waals surface area (Å²) in [6, 6.07) is 7.03. The van der Waals surface area contributed by atoms with Crippen LogP contribution in [0.2, 0.25) is 0 Å². The van der Waals surface area contributed by atoms with Crippen LogP contribution in [0.4, 0.5) is 0 Å². The summed E-state index contributed by atoms with van der Waals surface area (Å²) in [7, 11) is 0. The molecule has 1 fully saturated rings. The van der Waals surface area contributed by atoms with E-state index < -0.39 is 0 Å². The number of nitrogens with zero attached hydrogens (tertiary/aromatic N) is 2. The van der Waals surface area contributed by atoms with Crippen LogP contribution >= 0.6 is 0 Å². The average molecular weight is 301 g/mol. The number of likely N-dealkylation sites (N-methyl/N-ethyl adjacent to an activating group) is 1. The van der Waals surface area contributed by atoms with Gasteiger partial charge in [0.15, 0.2) is 5.69 Å². The average Bonchev–Trinajstić information content (AvgIpc) is 3.06. The van der Waals surface area contributed by atoms with E-state index in [1.54, 1.807) is 29.2 Å². The molecule has 0 spiro atoms. The van der Waals surface area contributed by atoms with Crippen molar-refractivity contribution in [3.63, 3.8) is 0 Å². The quantitative estimate of drug-likeness (QED) is 0.930. The van der Waals surface area contributed by atoms with Gasteiger partial charge in [-0.15, -0.1) is 0 Å². The topological polar surface area (TPSA) is 75.3 Å². The molecule has 0 saturated carbocycles. The van der Waals surface area contributed by atoms with Crippen LogP contribution in [-0.4, -0.2) is 46.8 Å². The molecule has 1 amide bonds. The first-order valence-corrected chi connectivity index (χ1v) is 7.59. The number of nitrogens with one attached hydrogen (secondary N) is 1. The fourth-order valence-electron chi connectivity index (χ4n) is 2.82. The first-order chi connectivity index (χ1) is 10.7. The van der Waals surface area contributed by atoms with Crippen molar-refractivity contribution in [3.05, 3.63) is 40.3 Å². The molecule has 1 aromatic heterocycles. The third-order valence-electron chi connectivity index (χ3n) is 4.02. The number of carbonyl (C=O) groups excluding carboxylic acids is 1. The zero-order chi connectivity index (χ0) is 15.5. The Morgan fingerprint density at radius 2 is 2.18 bits per heavy atom. The first-order valence-electron chi connectivity index (χ1n) is 7.59. The molecule has 1 aliphatic rings. The maximum absolute atomic E-state index is 12.8. The Kier molecular flexibility index (Phi) is 4.20. The predicted molar refractivity (Wildman–Crippen MR) is 82.9 cm³/mol. The minimum Gasteiger partial charge on any atom is -0.376 e. The zero-order valence-corrected chi connectivity index (χ0v) is 12.5. The first kappa shape index (κ1) is 14.7. The molecule has 1 atom stereocenters. The van der Waals surface area contributed by atoms with Crippen LogP contribution in [0.3, 0.4) is 0 Å². The van der Waals surface area contributed by atoms with Gasteiger partial charge in [-0.3, -0.25) is 9.59 Å². The van der Waals surface area contributed by atoms with Crippen molar-refractivity contribution >= 4 is 16.7 Å². The SMILES string of the molecule is CCN(C[C@H]1CCCO1)C(=O)c1n[nH]c(=O)c2ccccc12. The summed E-state index contributed by atoms with van der Waals surface area (Å²) in [4.78, 5) is 26.3. The lowest BCUT2D eigenvalue weighted by molar-refractivity contribution is 0.0535. The van der Waals surface area contributed by atoms with Crippen LogP contribution in [0.15, 0.2) is 29.1 Å². The van der Waals surface area contributed by atoms with Gasteiger partial charge in [-0.1, -0.05) is 18.2 Å². The van der Waals surface area contributed by atoms with Crippen molar-refractivity contribution < 1.29 is 9.53 Å². The van der Waals surface area contributed by atoms with Gasteiger partial charge in [-0.2, -0.15) is 5.10 Å². The van der Waals surface area contributed by atoms with Crippen LogP contribution in [0.25, 0.3) is 10.8 Å². The Morgan fingerprint density at radius 3 is 2.86 bits per heavy atom. The number of fused-ring (bicyclic) bond motifs is 1. The van der Waals surface area contributed by atoms with E-state index in [0.29, 0.717) is 23.9 Å². The number of amides is 1. The van der Waals surface area contributed by atoms with E-state index in [-0.39, 0.29) is 23.3 Å². The number of carbonyl (C=O) groups is 1. The predicted octanol–water partition coefficient (Wildman–Crippen LogP) is 1.56. The minimum atomic E-state index is -0.283. The third-order valence-corrected chi connectivity index (χ3v) is 4.02. The molecular weight excluding hydrogens is 282 g/mol. The molecule has 0 aliphatic carbocycles. The second-order valence-electron chi connectivity index (χ2n) is 5.43. The summed E-state index contributed by atoms with van der Waals surface area (Å²) < 4.78 is 5.61. The van der Waals surface area contributed by atoms with E-state index in [0.717, 1.165) is 19.4 Å². The summed E-state index contributed by atoms with van der Waals surface area (Å²) in [5.41, 5.74) is 0.00405. The van der Waals surface area contributed by atoms with Gasteiger partial charge in [0, 0.05) is 25.1 Å². The molecule has 6 heteroatoms. The molecule has 6 nitrogen and oxygen atoms in total. The molecule has 1 aromatic carbocycles. The van der Waals surface area contributed by atoms with Gasteiger partial charge in [0.2, 0.25) is 0 Å². The molecule has 2 heterocycles. The van der Waals surface area contributed by atoms with Crippen molar-refractivity contribution in [3.8, 4) is 0 Å². The van der Waals surface area contributed by atoms with Crippen LogP contribution in [0.5, 0.6) is 0 Å². The zero-order valence-electron chi connectivity index (χ0n) is 12.5. The Morgan fingerprint density at radius 1 is 1.41 bits per heavy atom. The van der Waals surface area contributed by atoms with Crippen molar-refractivity contribution in [1.82, 2.24) is 15.1 Å². The summed E-state index contributed by atoms with van der Waals surface area (Å²) >= 11 is 0. The number of aromatic amines is 1. The maximum Gasteiger partial charge on any atom is 0.275 e. The highest BCUT2D eigenvalue weighted by atomic mass is 16.5. The highest BCUT2D eigenvalue weighted by Gasteiger charge is 2.24. The van der Waals surface area contributed by atoms with Gasteiger partial charge >= 0.3 is 0 Å². The van der Waals surface area contributed by atoms with Gasteiger partial charge < -0.3 is 9.64 Å². The Hall–Kier alpha value is -2.21. The number of aromatic nitrogens is 2. The van der Waals surface area contributed by atoms with Crippen molar-refractivity contribution in [2.75, 3.05) is 19.7 Å². The van der Waals surface area contributed by atoms with Crippen LogP contribution in [-0.2, 0) is 4.74 Å². The van der Waals surface area contributed by atoms with Crippen LogP contribution < -0.4 is 5.56 Å². The fraction of sp³-hybridized carbons (Fsp3) is 0.438. The monoisotopic (exact) mass is 301 g/mol. The van der Waals surface area contributed by atoms with Gasteiger partial charge in [-0.05, 0) is 25.8 Å². The Bertz CT molecular complexity index is 735. The summed E-state index contributed by atoms with van der Waals surface area (Å²) in [6.07, 6.45) is 2.11. The Labute approximate surface area is 128 Å². The molecule has 0 radical (unpaired) electrons. The number of benzene rings is 1. The Balaban J connectivity index is 1.93. The standard InChI is InChI=1S/C16H19N3O3/c1-2-19(10-11-6-5-9-22-11)16(21)14-12-7-3-4-8-13(12)15(20)18-17-14/h3-4,7-8,11H,2,5-6,9-10H2,1H3,(H,18,20)/t11-/m1/s1. The van der Waals surface area contributed by atoms with E-state index in [4.69, 9.17) is 4.74 Å². The van der Waals surface area contributed by atoms with E-state index in [1.165, 1.54) is 0 Å². The maximum atomic E-state index is 12.8. The highest BCUT2D eigenvalue weighted by molar-refractivity contribution is 6.04. The number of ether oxygens (including phenoxy) is 1. The second kappa shape index (κ2) is 6.27. The van der Waals surface area contributed by atoms with E-state index in [1.807, 2.05) is 6.92 Å². The van der Waals surface area contributed by atoms with Crippen molar-refractivity contribution in [1.29, 1.82) is 0 Å². The largest absolute Gasteiger partial charge is 0.376 e. The molecule has 1 saturated heterocycles. The lowest BCUT2D eigenvalue weighted by atomic mass is 10.1. The number of H-pyrrole nitrogens is 1. The molecular formula is C16H19N3O3. The number of rotatable bonds is 4. The molecule has 3 rings (SSSR count). The molecule has 1 aliphatic heterocycles. The molecule has 1 N–H and O–H groups in total. The summed E-state index contributed by atoms with van der Waals surface area (Å²) in [6.45, 7) is 3.83. The van der Waals surface area contributed by atoms with E-state index in [9.17, 15) is 9.59 Å². The van der Waals surface area contributed by atoms with Gasteiger partial charge in [0.05, 0.1) is 11.5 Å². The van der Waals surface area contributed by atoms with Gasteiger partial charge in [0.25, 0.3) is 11.5 Å². The van der Waals surface area contributed by atoms with Crippen molar-refractivity contribution in [2.24, 2.45) is 0 Å². The molecule has 0 unspecified atom stereocenters. The smallest absolute Gasteiger partial charge is 0.275 e. The van der Waals surface area contributed by atoms with E-state index in [2.05, 4.69) is 10.2 Å². The lowest BCUT2D eigenvalue weighted by Gasteiger charge is -2.23. The minimum absolute atomic E-state index is 0.0953. The van der Waals surface area contributed by atoms with Crippen LogP contribution in [0.1, 0.15) is 30.3 Å². The lowest BCUT2D eigenvalue weighted by Crippen LogP contribution is -2.38. The van der Waals surface area contributed by atoms with Gasteiger partial charge in [0.1, 0.15) is 0 Å². The van der Waals surface area contributed by atoms with Gasteiger partial charge in [-0.25, -0.2) is 5.10 Å². The molecule has 22 heavy (non-hydrogen) atoms. The van der Waals surface area contributed by atoms with Crippen molar-refractivity contribution in [2.45, 2.75) is 25.9 Å². The number of hydrogen-bond acceptors (Lipinski definition) is 4. The summed E-state index contributed by atoms with van der Waals surface area (Å²) in [5, 5.41) is 7.46. The highest BCUT2D eigenvalue weighted by Crippen LogP contribution is 2.17. The van der Waals surface area contributed by atoms with Crippen LogP contribution in [0, 0.1) is 0 Å². The third kappa shape index (κ3) is 2.74. The molecule has 2 aromatic rings. The molecule has 0 bridgehead atoms. The molecule has 116 valence electrons. The normalized spacial score (nSPS) is 17.8. The second-order valence-corrected chi connectivity index (χ2v) is 5.43. The summed E-state index contributed by atoms with van der Waals surface area (Å²) in [5.74, 6) is -0.176. The fourth-order valence-corrected chi connectivity index (χ4v) is 2.82. The van der Waals surface area contributed by atoms with E-state index >= 15 is 0 Å². The number of hydrogen-bond donors (Lipinski definition) is 1.